The van der Waals surface area contributed by atoms with Gasteiger partial charge in [-0.3, -0.25) is 0 Å². The topological polar surface area (TPSA) is 3.24 Å². The van der Waals surface area contributed by atoms with E-state index >= 15 is 0 Å². The predicted octanol–water partition coefficient (Wildman–Crippen LogP) is 19.0. The second-order valence-electron chi connectivity index (χ2n) is 18.8. The number of anilines is 3. The molecule has 1 aliphatic carbocycles. The molecule has 0 bridgehead atoms. The molecule has 0 unspecified atom stereocenters. The minimum absolute atomic E-state index is 0.528. The Morgan fingerprint density at radius 2 is 0.625 bits per heavy atom. The first-order chi connectivity index (χ1) is 35.7. The smallest absolute Gasteiger partial charge is 0.0714 e. The van der Waals surface area contributed by atoms with Gasteiger partial charge >= 0.3 is 0 Å². The van der Waals surface area contributed by atoms with Crippen LogP contribution >= 0.6 is 0 Å². The van der Waals surface area contributed by atoms with Crippen molar-refractivity contribution in [2.24, 2.45) is 0 Å². The van der Waals surface area contributed by atoms with E-state index < -0.39 is 5.41 Å². The molecule has 0 N–H and O–H groups in total. The molecular weight excluding hydrogens is 867 g/mol. The van der Waals surface area contributed by atoms with Crippen molar-refractivity contribution in [3.05, 3.63) is 320 Å². The van der Waals surface area contributed by atoms with E-state index in [4.69, 9.17) is 0 Å². The monoisotopic (exact) mass is 915 g/mol. The molecule has 0 spiro atoms. The van der Waals surface area contributed by atoms with Crippen LogP contribution in [0.5, 0.6) is 0 Å². The number of rotatable bonds is 10. The van der Waals surface area contributed by atoms with Crippen molar-refractivity contribution in [2.45, 2.75) is 5.41 Å². The molecule has 0 fully saturated rings. The van der Waals surface area contributed by atoms with Gasteiger partial charge < -0.3 is 4.90 Å². The largest absolute Gasteiger partial charge is 0.310 e. The van der Waals surface area contributed by atoms with Gasteiger partial charge in [0.15, 0.2) is 0 Å². The second kappa shape index (κ2) is 18.2. The Balaban J connectivity index is 0.970. The third-order valence-corrected chi connectivity index (χ3v) is 14.7. The molecule has 1 nitrogen and oxygen atoms in total. The van der Waals surface area contributed by atoms with Crippen molar-refractivity contribution >= 4 is 27.8 Å². The van der Waals surface area contributed by atoms with E-state index in [2.05, 4.69) is 302 Å². The number of hydrogen-bond donors (Lipinski definition) is 0. The predicted molar refractivity (Wildman–Crippen MR) is 303 cm³/mol. The summed E-state index contributed by atoms with van der Waals surface area (Å²) in [5.41, 5.74) is 22.2. The normalized spacial score (nSPS) is 12.3. The molecule has 12 aromatic rings. The molecular formula is C71H49N. The van der Waals surface area contributed by atoms with E-state index in [-0.39, 0.29) is 0 Å². The SMILES string of the molecule is c1ccc(-c2cc(-c3ccccc3)cc(-c3ccc(N(c4ccc(-c5cccc(-c6ccc7ccccc7c6)c5)cc4)c4cccc5c4-c4ccccc4C5(c4ccccc4)c4ccccc4)cc3)c2)cc1. The standard InChI is InChI=1S/C71H49N/c1-5-19-50(20-6-1)59-47-60(51-21-7-2-8-22-51)49-61(48-59)54-39-43-65(44-40-54)72(64-41-37-53(38-42-64)56-25-17-26-57(45-56)58-36-35-52-23-13-14-24-55(52)46-58)69-34-18-33-68-70(69)66-31-15-16-32-67(66)71(68,62-27-9-3-10-28-62)63-29-11-4-12-30-63/h1-49H. The molecule has 12 aromatic carbocycles. The Labute approximate surface area is 422 Å². The zero-order chi connectivity index (χ0) is 47.8. The van der Waals surface area contributed by atoms with Crippen molar-refractivity contribution in [1.82, 2.24) is 0 Å². The lowest BCUT2D eigenvalue weighted by Crippen LogP contribution is -2.28. The maximum Gasteiger partial charge on any atom is 0.0714 e. The van der Waals surface area contributed by atoms with E-state index in [1.54, 1.807) is 0 Å². The number of benzene rings is 12. The summed E-state index contributed by atoms with van der Waals surface area (Å²) < 4.78 is 0. The van der Waals surface area contributed by atoms with Crippen LogP contribution in [0.3, 0.4) is 0 Å². The first-order valence-electron chi connectivity index (χ1n) is 24.9. The van der Waals surface area contributed by atoms with Gasteiger partial charge in [-0.2, -0.15) is 0 Å². The second-order valence-corrected chi connectivity index (χ2v) is 18.8. The molecule has 0 aliphatic heterocycles. The van der Waals surface area contributed by atoms with Crippen molar-refractivity contribution in [3.8, 4) is 66.8 Å². The summed E-state index contributed by atoms with van der Waals surface area (Å²) >= 11 is 0. The summed E-state index contributed by atoms with van der Waals surface area (Å²) in [6.07, 6.45) is 0. The van der Waals surface area contributed by atoms with Gasteiger partial charge in [-0.25, -0.2) is 0 Å². The summed E-state index contributed by atoms with van der Waals surface area (Å²) in [6, 6.07) is 109. The summed E-state index contributed by atoms with van der Waals surface area (Å²) in [6.45, 7) is 0. The van der Waals surface area contributed by atoms with Crippen molar-refractivity contribution in [2.75, 3.05) is 4.90 Å². The highest BCUT2D eigenvalue weighted by atomic mass is 15.1. The van der Waals surface area contributed by atoms with Crippen LogP contribution in [-0.4, -0.2) is 0 Å². The van der Waals surface area contributed by atoms with Crippen molar-refractivity contribution in [1.29, 1.82) is 0 Å². The van der Waals surface area contributed by atoms with E-state index in [0.717, 1.165) is 22.6 Å². The van der Waals surface area contributed by atoms with Gasteiger partial charge in [0.05, 0.1) is 11.1 Å². The number of hydrogen-bond acceptors (Lipinski definition) is 1. The minimum atomic E-state index is -0.528. The summed E-state index contributed by atoms with van der Waals surface area (Å²) in [5.74, 6) is 0. The van der Waals surface area contributed by atoms with Crippen LogP contribution in [0.15, 0.2) is 297 Å². The van der Waals surface area contributed by atoms with Crippen molar-refractivity contribution < 1.29 is 0 Å². The molecule has 0 saturated carbocycles. The van der Waals surface area contributed by atoms with E-state index in [0.29, 0.717) is 0 Å². The van der Waals surface area contributed by atoms with E-state index in [9.17, 15) is 0 Å². The maximum atomic E-state index is 2.47. The van der Waals surface area contributed by atoms with Gasteiger partial charge in [-0.05, 0) is 155 Å². The third kappa shape index (κ3) is 7.51. The lowest BCUT2D eigenvalue weighted by molar-refractivity contribution is 0.768. The molecule has 1 aliphatic rings. The molecule has 0 heterocycles. The van der Waals surface area contributed by atoms with E-state index in [1.165, 1.54) is 94.2 Å². The Kier molecular flexibility index (Phi) is 10.8. The Morgan fingerprint density at radius 3 is 1.21 bits per heavy atom. The van der Waals surface area contributed by atoms with Gasteiger partial charge in [-0.15, -0.1) is 0 Å². The molecule has 0 radical (unpaired) electrons. The van der Waals surface area contributed by atoms with Gasteiger partial charge in [-0.1, -0.05) is 237 Å². The highest BCUT2D eigenvalue weighted by molar-refractivity contribution is 5.98. The first kappa shape index (κ1) is 42.8. The Bertz CT molecular complexity index is 3780. The molecule has 1 heteroatoms. The van der Waals surface area contributed by atoms with Gasteiger partial charge in [0.25, 0.3) is 0 Å². The molecule has 338 valence electrons. The number of fused-ring (bicyclic) bond motifs is 4. The lowest BCUT2D eigenvalue weighted by Gasteiger charge is -2.34. The molecule has 0 amide bonds. The number of nitrogens with zero attached hydrogens (tertiary/aromatic N) is 1. The molecule has 0 aromatic heterocycles. The average molecular weight is 916 g/mol. The molecule has 0 atom stereocenters. The van der Waals surface area contributed by atoms with Crippen LogP contribution in [-0.2, 0) is 5.41 Å². The summed E-state index contributed by atoms with van der Waals surface area (Å²) in [7, 11) is 0. The van der Waals surface area contributed by atoms with Crippen LogP contribution in [0.4, 0.5) is 17.1 Å². The summed E-state index contributed by atoms with van der Waals surface area (Å²) in [5, 5.41) is 2.50. The van der Waals surface area contributed by atoms with Crippen LogP contribution in [0.2, 0.25) is 0 Å². The summed E-state index contributed by atoms with van der Waals surface area (Å²) in [4.78, 5) is 2.47. The van der Waals surface area contributed by atoms with E-state index in [1.807, 2.05) is 0 Å². The highest BCUT2D eigenvalue weighted by Crippen LogP contribution is 2.59. The molecule has 0 saturated heterocycles. The Morgan fingerprint density at radius 1 is 0.236 bits per heavy atom. The zero-order valence-corrected chi connectivity index (χ0v) is 39.7. The van der Waals surface area contributed by atoms with Crippen LogP contribution < -0.4 is 4.90 Å². The van der Waals surface area contributed by atoms with Gasteiger partial charge in [0.1, 0.15) is 0 Å². The third-order valence-electron chi connectivity index (χ3n) is 14.7. The maximum absolute atomic E-state index is 2.47. The van der Waals surface area contributed by atoms with Crippen LogP contribution in [0, 0.1) is 0 Å². The highest BCUT2D eigenvalue weighted by Gasteiger charge is 2.47. The fourth-order valence-corrected chi connectivity index (χ4v) is 11.3. The fourth-order valence-electron chi connectivity index (χ4n) is 11.3. The van der Waals surface area contributed by atoms with Crippen LogP contribution in [0.25, 0.3) is 77.5 Å². The van der Waals surface area contributed by atoms with Crippen LogP contribution in [0.1, 0.15) is 22.3 Å². The molecule has 13 rings (SSSR count). The molecule has 72 heavy (non-hydrogen) atoms. The average Bonchev–Trinajstić information content (AvgIpc) is 3.78. The Hall–Kier alpha value is -9.30. The fraction of sp³-hybridized carbons (Fsp3) is 0.0141. The van der Waals surface area contributed by atoms with Gasteiger partial charge in [0, 0.05) is 16.9 Å². The minimum Gasteiger partial charge on any atom is -0.310 e. The zero-order valence-electron chi connectivity index (χ0n) is 39.7. The lowest BCUT2D eigenvalue weighted by atomic mass is 9.68. The first-order valence-corrected chi connectivity index (χ1v) is 24.9. The van der Waals surface area contributed by atoms with Gasteiger partial charge in [0.2, 0.25) is 0 Å². The van der Waals surface area contributed by atoms with Crippen molar-refractivity contribution in [3.63, 3.8) is 0 Å². The quantitative estimate of drug-likeness (QED) is 0.132.